The third kappa shape index (κ3) is 3.96. The molecule has 0 saturated carbocycles. The molecule has 9 heteroatoms. The number of rotatable bonds is 7. The molecule has 0 amide bonds. The van der Waals surface area contributed by atoms with E-state index in [-0.39, 0.29) is 11.6 Å². The maximum atomic E-state index is 13.5. The van der Waals surface area contributed by atoms with Crippen LogP contribution in [0, 0.1) is 12.7 Å². The van der Waals surface area contributed by atoms with E-state index < -0.39 is 11.4 Å². The highest BCUT2D eigenvalue weighted by Gasteiger charge is 2.28. The van der Waals surface area contributed by atoms with Gasteiger partial charge in [-0.2, -0.15) is 0 Å². The number of nitrogens with one attached hydrogen (secondary N) is 3. The van der Waals surface area contributed by atoms with Crippen molar-refractivity contribution >= 4 is 34.4 Å². The van der Waals surface area contributed by atoms with Crippen molar-refractivity contribution in [3.05, 3.63) is 70.2 Å². The van der Waals surface area contributed by atoms with Gasteiger partial charge in [0.2, 0.25) is 5.95 Å². The van der Waals surface area contributed by atoms with E-state index in [2.05, 4.69) is 25.8 Å². The molecule has 30 heavy (non-hydrogen) atoms. The van der Waals surface area contributed by atoms with Crippen molar-refractivity contribution in [3.8, 4) is 0 Å². The highest BCUT2D eigenvalue weighted by molar-refractivity contribution is 6.30. The molecule has 4 aromatic rings. The van der Waals surface area contributed by atoms with Gasteiger partial charge < -0.3 is 25.2 Å². The minimum Gasteiger partial charge on any atom is -0.394 e. The van der Waals surface area contributed by atoms with Crippen LogP contribution in [0.2, 0.25) is 5.02 Å². The van der Waals surface area contributed by atoms with E-state index in [9.17, 15) is 9.50 Å². The van der Waals surface area contributed by atoms with Crippen molar-refractivity contribution in [2.45, 2.75) is 25.9 Å². The van der Waals surface area contributed by atoms with Crippen molar-refractivity contribution in [3.63, 3.8) is 0 Å². The monoisotopic (exact) mass is 429 g/mol. The highest BCUT2D eigenvalue weighted by atomic mass is 35.5. The first-order valence-corrected chi connectivity index (χ1v) is 9.75. The molecule has 7 nitrogen and oxygen atoms in total. The van der Waals surface area contributed by atoms with E-state index >= 15 is 0 Å². The van der Waals surface area contributed by atoms with E-state index in [1.807, 2.05) is 31.2 Å². The number of hydrogen-bond acceptors (Lipinski definition) is 6. The smallest absolute Gasteiger partial charge is 0.201 e. The van der Waals surface area contributed by atoms with Crippen molar-refractivity contribution < 1.29 is 14.0 Å². The predicted octanol–water partition coefficient (Wildman–Crippen LogP) is 4.58. The van der Waals surface area contributed by atoms with Crippen LogP contribution in [0.4, 0.5) is 16.2 Å². The maximum absolute atomic E-state index is 13.5. The van der Waals surface area contributed by atoms with Crippen LogP contribution >= 0.6 is 11.6 Å². The average molecular weight is 430 g/mol. The number of hydrogen-bond donors (Lipinski definition) is 4. The number of benzene rings is 2. The zero-order chi connectivity index (χ0) is 21.3. The van der Waals surface area contributed by atoms with Gasteiger partial charge in [-0.1, -0.05) is 35.0 Å². The van der Waals surface area contributed by atoms with Gasteiger partial charge >= 0.3 is 0 Å². The topological polar surface area (TPSA) is 99.0 Å². The molecule has 0 saturated heterocycles. The lowest BCUT2D eigenvalue weighted by molar-refractivity contribution is 0.223. The molecule has 0 aliphatic rings. The molecular weight excluding hydrogens is 409 g/mol. The Hall–Kier alpha value is -3.10. The summed E-state index contributed by atoms with van der Waals surface area (Å²) in [6.07, 6.45) is 0. The van der Waals surface area contributed by atoms with E-state index in [0.29, 0.717) is 23.9 Å². The second-order valence-corrected chi connectivity index (χ2v) is 7.73. The molecule has 2 heterocycles. The molecule has 2 aromatic heterocycles. The number of fused-ring (bicyclic) bond motifs is 1. The van der Waals surface area contributed by atoms with Gasteiger partial charge in [0, 0.05) is 12.6 Å². The summed E-state index contributed by atoms with van der Waals surface area (Å²) in [4.78, 5) is 7.88. The SMILES string of the molecule is Cc1cc(NCc2cccc3[nH]c(NC(C)(CO)c4ccc(F)c(Cl)c4)nc23)no1. The first-order valence-electron chi connectivity index (χ1n) is 9.37. The number of halogens is 2. The Labute approximate surface area is 177 Å². The first kappa shape index (κ1) is 20.2. The fraction of sp³-hybridized carbons (Fsp3) is 0.238. The number of H-pyrrole nitrogens is 1. The Balaban J connectivity index is 1.60. The largest absolute Gasteiger partial charge is 0.394 e. The standard InChI is InChI=1S/C21H21ClFN5O2/c1-12-8-18(28-30-12)24-10-13-4-3-5-17-19(13)26-20(25-17)27-21(2,11-29)14-6-7-16(23)15(22)9-14/h3-9,29H,10-11H2,1-2H3,(H,24,28)(H2,25,26,27). The average Bonchev–Trinajstić information content (AvgIpc) is 3.33. The van der Waals surface area contributed by atoms with Crippen LogP contribution < -0.4 is 10.6 Å². The van der Waals surface area contributed by atoms with Crippen LogP contribution in [-0.4, -0.2) is 26.8 Å². The fourth-order valence-electron chi connectivity index (χ4n) is 3.23. The molecule has 0 spiro atoms. The summed E-state index contributed by atoms with van der Waals surface area (Å²) < 4.78 is 18.6. The number of imidazole rings is 1. The molecular formula is C21H21ClFN5O2. The lowest BCUT2D eigenvalue weighted by atomic mass is 9.93. The van der Waals surface area contributed by atoms with Gasteiger partial charge in [-0.05, 0) is 43.2 Å². The Morgan fingerprint density at radius 3 is 2.80 bits per heavy atom. The molecule has 1 atom stereocenters. The molecule has 0 fully saturated rings. The second kappa shape index (κ2) is 7.97. The van der Waals surface area contributed by atoms with Crippen LogP contribution in [0.1, 0.15) is 23.8 Å². The normalized spacial score (nSPS) is 13.4. The molecule has 0 aliphatic carbocycles. The van der Waals surface area contributed by atoms with Crippen LogP contribution in [0.3, 0.4) is 0 Å². The number of aliphatic hydroxyl groups is 1. The van der Waals surface area contributed by atoms with Crippen molar-refractivity contribution in [2.24, 2.45) is 0 Å². The van der Waals surface area contributed by atoms with Crippen molar-refractivity contribution in [2.75, 3.05) is 17.2 Å². The number of aryl methyl sites for hydroxylation is 1. The number of nitrogens with zero attached hydrogens (tertiary/aromatic N) is 2. The number of para-hydroxylation sites is 1. The van der Waals surface area contributed by atoms with E-state index in [1.54, 1.807) is 13.0 Å². The minimum absolute atomic E-state index is 0.00460. The summed E-state index contributed by atoms with van der Waals surface area (Å²) in [5.41, 5.74) is 2.31. The number of aliphatic hydroxyl groups excluding tert-OH is 1. The van der Waals surface area contributed by atoms with E-state index in [4.69, 9.17) is 16.1 Å². The summed E-state index contributed by atoms with van der Waals surface area (Å²) in [5, 5.41) is 20.4. The summed E-state index contributed by atoms with van der Waals surface area (Å²) >= 11 is 5.93. The molecule has 0 bridgehead atoms. The fourth-order valence-corrected chi connectivity index (χ4v) is 3.41. The number of aromatic amines is 1. The molecule has 4 rings (SSSR count). The second-order valence-electron chi connectivity index (χ2n) is 7.32. The van der Waals surface area contributed by atoms with Gasteiger partial charge in [0.1, 0.15) is 11.6 Å². The van der Waals surface area contributed by atoms with E-state index in [0.717, 1.165) is 22.4 Å². The third-order valence-corrected chi connectivity index (χ3v) is 5.24. The molecule has 1 unspecified atom stereocenters. The Kier molecular flexibility index (Phi) is 5.36. The molecule has 4 N–H and O–H groups in total. The maximum Gasteiger partial charge on any atom is 0.201 e. The number of aromatic nitrogens is 3. The summed E-state index contributed by atoms with van der Waals surface area (Å²) in [6, 6.07) is 12.0. The molecule has 0 radical (unpaired) electrons. The molecule has 0 aliphatic heterocycles. The molecule has 156 valence electrons. The molecule has 2 aromatic carbocycles. The first-order chi connectivity index (χ1) is 14.4. The van der Waals surface area contributed by atoms with Gasteiger partial charge in [-0.15, -0.1) is 0 Å². The lowest BCUT2D eigenvalue weighted by Crippen LogP contribution is -2.36. The quantitative estimate of drug-likeness (QED) is 0.343. The predicted molar refractivity (Wildman–Crippen MR) is 114 cm³/mol. The van der Waals surface area contributed by atoms with Crippen LogP contribution in [0.15, 0.2) is 47.0 Å². The zero-order valence-electron chi connectivity index (χ0n) is 16.5. The van der Waals surface area contributed by atoms with Gasteiger partial charge in [0.15, 0.2) is 5.82 Å². The number of anilines is 2. The Bertz CT molecular complexity index is 1190. The summed E-state index contributed by atoms with van der Waals surface area (Å²) in [5.74, 6) is 1.35. The van der Waals surface area contributed by atoms with Crippen molar-refractivity contribution in [1.29, 1.82) is 0 Å². The highest BCUT2D eigenvalue weighted by Crippen LogP contribution is 2.29. The Morgan fingerprint density at radius 2 is 2.10 bits per heavy atom. The summed E-state index contributed by atoms with van der Waals surface area (Å²) in [7, 11) is 0. The van der Waals surface area contributed by atoms with Gasteiger partial charge in [-0.25, -0.2) is 9.37 Å². The van der Waals surface area contributed by atoms with Gasteiger partial charge in [0.25, 0.3) is 0 Å². The minimum atomic E-state index is -0.915. The van der Waals surface area contributed by atoms with Crippen molar-refractivity contribution in [1.82, 2.24) is 15.1 Å². The van der Waals surface area contributed by atoms with Gasteiger partial charge in [-0.3, -0.25) is 0 Å². The van der Waals surface area contributed by atoms with Gasteiger partial charge in [0.05, 0.1) is 28.2 Å². The Morgan fingerprint density at radius 1 is 1.27 bits per heavy atom. The van der Waals surface area contributed by atoms with Crippen LogP contribution in [0.25, 0.3) is 11.0 Å². The third-order valence-electron chi connectivity index (χ3n) is 4.95. The lowest BCUT2D eigenvalue weighted by Gasteiger charge is -2.29. The summed E-state index contributed by atoms with van der Waals surface area (Å²) in [6.45, 7) is 3.89. The van der Waals surface area contributed by atoms with Crippen LogP contribution in [-0.2, 0) is 12.1 Å². The zero-order valence-corrected chi connectivity index (χ0v) is 17.2. The van der Waals surface area contributed by atoms with Crippen LogP contribution in [0.5, 0.6) is 0 Å². The van der Waals surface area contributed by atoms with E-state index in [1.165, 1.54) is 12.1 Å².